The van der Waals surface area contributed by atoms with E-state index in [9.17, 15) is 0 Å². The lowest BCUT2D eigenvalue weighted by atomic mass is 10.2. The highest BCUT2D eigenvalue weighted by Gasteiger charge is 1.83. The van der Waals surface area contributed by atoms with Crippen molar-refractivity contribution >= 4 is 5.69 Å². The van der Waals surface area contributed by atoms with Crippen molar-refractivity contribution in [2.24, 2.45) is 0 Å². The van der Waals surface area contributed by atoms with Gasteiger partial charge in [-0.2, -0.15) is 0 Å². The molecule has 1 rings (SSSR count). The normalized spacial score (nSPS) is 9.11. The van der Waals surface area contributed by atoms with Crippen LogP contribution in [0.2, 0.25) is 0 Å². The second-order valence-electron chi connectivity index (χ2n) is 2.01. The van der Waals surface area contributed by atoms with E-state index in [1.807, 2.05) is 31.2 Å². The van der Waals surface area contributed by atoms with Crippen LogP contribution in [0.4, 0.5) is 5.69 Å². The SMILES string of the molecule is [CH]Nc1ccc(C)cc1. The lowest BCUT2D eigenvalue weighted by Crippen LogP contribution is -1.82. The van der Waals surface area contributed by atoms with Crippen molar-refractivity contribution in [3.63, 3.8) is 0 Å². The molecule has 1 N–H and O–H groups in total. The average Bonchev–Trinajstić information content (AvgIpc) is 1.90. The Hall–Kier alpha value is -0.980. The number of aryl methyl sites for hydroxylation is 1. The van der Waals surface area contributed by atoms with Gasteiger partial charge in [-0.05, 0) is 19.1 Å². The fourth-order valence-electron chi connectivity index (χ4n) is 0.650. The van der Waals surface area contributed by atoms with E-state index in [2.05, 4.69) is 5.32 Å². The summed E-state index contributed by atoms with van der Waals surface area (Å²) in [5.41, 5.74) is 2.19. The number of hydrogen-bond acceptors (Lipinski definition) is 1. The van der Waals surface area contributed by atoms with Crippen molar-refractivity contribution in [3.8, 4) is 0 Å². The van der Waals surface area contributed by atoms with Gasteiger partial charge in [0, 0.05) is 5.69 Å². The Labute approximate surface area is 55.7 Å². The number of rotatable bonds is 1. The third-order valence-corrected chi connectivity index (χ3v) is 1.22. The van der Waals surface area contributed by atoms with Gasteiger partial charge in [-0.15, -0.1) is 0 Å². The molecule has 0 saturated heterocycles. The van der Waals surface area contributed by atoms with Crippen LogP contribution in [0.15, 0.2) is 24.3 Å². The van der Waals surface area contributed by atoms with E-state index in [-0.39, 0.29) is 0 Å². The average molecular weight is 119 g/mol. The van der Waals surface area contributed by atoms with Crippen LogP contribution in [0.3, 0.4) is 0 Å². The van der Waals surface area contributed by atoms with Gasteiger partial charge in [0.05, 0.1) is 7.05 Å². The number of nitrogens with one attached hydrogen (secondary N) is 1. The van der Waals surface area contributed by atoms with Crippen LogP contribution in [-0.4, -0.2) is 0 Å². The van der Waals surface area contributed by atoms with Crippen molar-refractivity contribution in [2.75, 3.05) is 5.32 Å². The van der Waals surface area contributed by atoms with Crippen molar-refractivity contribution in [2.45, 2.75) is 6.92 Å². The molecule has 0 atom stereocenters. The Morgan fingerprint density at radius 2 is 1.78 bits per heavy atom. The van der Waals surface area contributed by atoms with Crippen molar-refractivity contribution < 1.29 is 0 Å². The van der Waals surface area contributed by atoms with Crippen molar-refractivity contribution in [1.29, 1.82) is 0 Å². The third kappa shape index (κ3) is 1.46. The second-order valence-corrected chi connectivity index (χ2v) is 2.01. The Balaban J connectivity index is 2.88. The molecular weight excluding hydrogens is 110 g/mol. The minimum atomic E-state index is 0.945. The van der Waals surface area contributed by atoms with E-state index in [4.69, 9.17) is 7.05 Å². The monoisotopic (exact) mass is 119 g/mol. The molecule has 0 unspecified atom stereocenters. The first-order valence-electron chi connectivity index (χ1n) is 2.86. The topological polar surface area (TPSA) is 12.0 Å². The summed E-state index contributed by atoms with van der Waals surface area (Å²) in [6.07, 6.45) is 0. The summed E-state index contributed by atoms with van der Waals surface area (Å²) in [5, 5.41) is 2.55. The van der Waals surface area contributed by atoms with Crippen LogP contribution in [-0.2, 0) is 0 Å². The summed E-state index contributed by atoms with van der Waals surface area (Å²) < 4.78 is 0. The molecule has 0 amide bonds. The zero-order valence-corrected chi connectivity index (χ0v) is 5.39. The largest absolute Gasteiger partial charge is 0.378 e. The first-order chi connectivity index (χ1) is 4.33. The molecule has 0 fully saturated rings. The van der Waals surface area contributed by atoms with E-state index >= 15 is 0 Å². The standard InChI is InChI=1S/C8H9N/c1-7-3-5-8(9-2)6-4-7/h2-6,9H,1H3. The molecule has 1 aromatic rings. The molecular formula is C8H9N. The van der Waals surface area contributed by atoms with Gasteiger partial charge in [0.2, 0.25) is 0 Å². The Morgan fingerprint density at radius 3 is 2.22 bits per heavy atom. The molecule has 1 heteroatoms. The van der Waals surface area contributed by atoms with Gasteiger partial charge in [-0.25, -0.2) is 0 Å². The molecule has 1 aromatic carbocycles. The molecule has 9 heavy (non-hydrogen) atoms. The first-order valence-corrected chi connectivity index (χ1v) is 2.86. The van der Waals surface area contributed by atoms with Crippen LogP contribution in [0.1, 0.15) is 5.56 Å². The molecule has 0 spiro atoms. The van der Waals surface area contributed by atoms with Crippen LogP contribution >= 0.6 is 0 Å². The highest BCUT2D eigenvalue weighted by molar-refractivity contribution is 5.44. The molecule has 2 radical (unpaired) electrons. The summed E-state index contributed by atoms with van der Waals surface area (Å²) >= 11 is 0. The lowest BCUT2D eigenvalue weighted by Gasteiger charge is -1.96. The lowest BCUT2D eigenvalue weighted by molar-refractivity contribution is 1.46. The van der Waals surface area contributed by atoms with E-state index in [1.165, 1.54) is 5.56 Å². The predicted octanol–water partition coefficient (Wildman–Crippen LogP) is 2.08. The van der Waals surface area contributed by atoms with Gasteiger partial charge in [-0.3, -0.25) is 0 Å². The van der Waals surface area contributed by atoms with E-state index in [0.29, 0.717) is 0 Å². The van der Waals surface area contributed by atoms with Crippen molar-refractivity contribution in [1.82, 2.24) is 0 Å². The summed E-state index contributed by atoms with van der Waals surface area (Å²) in [5.74, 6) is 0. The fourth-order valence-corrected chi connectivity index (χ4v) is 0.650. The highest BCUT2D eigenvalue weighted by Crippen LogP contribution is 2.06. The molecule has 1 nitrogen and oxygen atoms in total. The van der Waals surface area contributed by atoms with Crippen LogP contribution in [0.5, 0.6) is 0 Å². The molecule has 46 valence electrons. The third-order valence-electron chi connectivity index (χ3n) is 1.22. The summed E-state index contributed by atoms with van der Waals surface area (Å²) in [4.78, 5) is 0. The minimum absolute atomic E-state index is 0.945. The highest BCUT2D eigenvalue weighted by atomic mass is 14.8. The quantitative estimate of drug-likeness (QED) is 0.558. The molecule has 0 aromatic heterocycles. The fraction of sp³-hybridized carbons (Fsp3) is 0.125. The molecule has 0 aliphatic heterocycles. The van der Waals surface area contributed by atoms with Gasteiger partial charge in [0.25, 0.3) is 0 Å². The van der Waals surface area contributed by atoms with Gasteiger partial charge in [0.15, 0.2) is 0 Å². The Morgan fingerprint density at radius 1 is 1.22 bits per heavy atom. The van der Waals surface area contributed by atoms with Crippen molar-refractivity contribution in [3.05, 3.63) is 36.9 Å². The second kappa shape index (κ2) is 2.53. The van der Waals surface area contributed by atoms with Crippen LogP contribution in [0, 0.1) is 14.0 Å². The summed E-state index contributed by atoms with van der Waals surface area (Å²) in [6, 6.07) is 7.90. The number of anilines is 1. The smallest absolute Gasteiger partial charge is 0.0705 e. The minimum Gasteiger partial charge on any atom is -0.378 e. The van der Waals surface area contributed by atoms with Gasteiger partial charge >= 0.3 is 0 Å². The number of hydrogen-bond donors (Lipinski definition) is 1. The Bertz CT molecular complexity index is 176. The zero-order chi connectivity index (χ0) is 6.69. The van der Waals surface area contributed by atoms with Crippen LogP contribution < -0.4 is 5.32 Å². The molecule has 0 bridgehead atoms. The maximum absolute atomic E-state index is 5.15. The molecule has 0 heterocycles. The van der Waals surface area contributed by atoms with Crippen LogP contribution in [0.25, 0.3) is 0 Å². The molecule has 0 aliphatic carbocycles. The first kappa shape index (κ1) is 6.14. The molecule has 0 saturated carbocycles. The van der Waals surface area contributed by atoms with E-state index in [0.717, 1.165) is 5.69 Å². The van der Waals surface area contributed by atoms with Gasteiger partial charge in [0.1, 0.15) is 0 Å². The summed E-state index contributed by atoms with van der Waals surface area (Å²) in [7, 11) is 5.15. The maximum Gasteiger partial charge on any atom is 0.0705 e. The Kier molecular flexibility index (Phi) is 1.73. The summed E-state index contributed by atoms with van der Waals surface area (Å²) in [6.45, 7) is 2.04. The van der Waals surface area contributed by atoms with E-state index in [1.54, 1.807) is 0 Å². The number of benzene rings is 1. The van der Waals surface area contributed by atoms with Gasteiger partial charge < -0.3 is 5.32 Å². The predicted molar refractivity (Wildman–Crippen MR) is 39.1 cm³/mol. The molecule has 0 aliphatic rings. The van der Waals surface area contributed by atoms with E-state index < -0.39 is 0 Å². The maximum atomic E-state index is 5.15. The zero-order valence-electron chi connectivity index (χ0n) is 5.39. The van der Waals surface area contributed by atoms with Gasteiger partial charge in [-0.1, -0.05) is 17.7 Å².